The molecule has 1 fully saturated rings. The Morgan fingerprint density at radius 1 is 1.35 bits per heavy atom. The zero-order valence-electron chi connectivity index (χ0n) is 11.5. The van der Waals surface area contributed by atoms with Gasteiger partial charge < -0.3 is 4.74 Å². The molecule has 0 saturated carbocycles. The molecular formula is C14H19NO4S. The van der Waals surface area contributed by atoms with Crippen LogP contribution in [0.15, 0.2) is 35.2 Å². The number of hydrogen-bond acceptors (Lipinski definition) is 4. The van der Waals surface area contributed by atoms with Crippen molar-refractivity contribution in [3.05, 3.63) is 30.3 Å². The Bertz CT molecular complexity index is 556. The van der Waals surface area contributed by atoms with Crippen LogP contribution in [0.1, 0.15) is 19.3 Å². The maximum absolute atomic E-state index is 12.5. The molecule has 0 spiro atoms. The van der Waals surface area contributed by atoms with Crippen LogP contribution < -0.4 is 0 Å². The second-order valence-corrected chi connectivity index (χ2v) is 6.90. The van der Waals surface area contributed by atoms with E-state index in [-0.39, 0.29) is 18.3 Å². The van der Waals surface area contributed by atoms with E-state index in [1.54, 1.807) is 30.3 Å². The predicted molar refractivity (Wildman–Crippen MR) is 74.6 cm³/mol. The van der Waals surface area contributed by atoms with Crippen molar-refractivity contribution >= 4 is 16.0 Å². The van der Waals surface area contributed by atoms with Crippen molar-refractivity contribution in [2.24, 2.45) is 5.92 Å². The summed E-state index contributed by atoms with van der Waals surface area (Å²) < 4.78 is 31.1. The SMILES string of the molecule is COC(=O)CC1CCCN(S(=O)(=O)c2ccccc2)C1. The van der Waals surface area contributed by atoms with Gasteiger partial charge in [-0.05, 0) is 30.9 Å². The summed E-state index contributed by atoms with van der Waals surface area (Å²) in [6.45, 7) is 0.890. The van der Waals surface area contributed by atoms with Crippen LogP contribution in [0.2, 0.25) is 0 Å². The number of nitrogens with zero attached hydrogens (tertiary/aromatic N) is 1. The molecule has 20 heavy (non-hydrogen) atoms. The van der Waals surface area contributed by atoms with Crippen molar-refractivity contribution in [1.29, 1.82) is 0 Å². The van der Waals surface area contributed by atoms with Crippen molar-refractivity contribution < 1.29 is 17.9 Å². The number of piperidine rings is 1. The molecular weight excluding hydrogens is 278 g/mol. The van der Waals surface area contributed by atoms with Gasteiger partial charge in [-0.2, -0.15) is 4.31 Å². The highest BCUT2D eigenvalue weighted by Gasteiger charge is 2.31. The maximum atomic E-state index is 12.5. The average Bonchev–Trinajstić information content (AvgIpc) is 2.48. The lowest BCUT2D eigenvalue weighted by atomic mass is 9.96. The summed E-state index contributed by atoms with van der Waals surface area (Å²) in [5.74, 6) is -0.247. The minimum absolute atomic E-state index is 0.0367. The van der Waals surface area contributed by atoms with Crippen LogP contribution in [0, 0.1) is 5.92 Å². The van der Waals surface area contributed by atoms with Crippen molar-refractivity contribution in [1.82, 2.24) is 4.31 Å². The van der Waals surface area contributed by atoms with Crippen LogP contribution in [0.25, 0.3) is 0 Å². The van der Waals surface area contributed by atoms with E-state index in [4.69, 9.17) is 0 Å². The van der Waals surface area contributed by atoms with E-state index < -0.39 is 10.0 Å². The van der Waals surface area contributed by atoms with Gasteiger partial charge in [-0.25, -0.2) is 8.42 Å². The molecule has 0 bridgehead atoms. The molecule has 0 N–H and O–H groups in total. The van der Waals surface area contributed by atoms with Gasteiger partial charge in [-0.1, -0.05) is 18.2 Å². The fourth-order valence-electron chi connectivity index (χ4n) is 2.47. The molecule has 1 aliphatic rings. The molecule has 110 valence electrons. The molecule has 2 rings (SSSR count). The van der Waals surface area contributed by atoms with Gasteiger partial charge in [0.1, 0.15) is 0 Å². The van der Waals surface area contributed by atoms with Crippen molar-refractivity contribution in [3.8, 4) is 0 Å². The van der Waals surface area contributed by atoms with E-state index in [1.165, 1.54) is 11.4 Å². The highest BCUT2D eigenvalue weighted by atomic mass is 32.2. The van der Waals surface area contributed by atoms with Crippen molar-refractivity contribution in [2.45, 2.75) is 24.2 Å². The fourth-order valence-corrected chi connectivity index (χ4v) is 4.05. The first-order chi connectivity index (χ1) is 9.54. The Hall–Kier alpha value is -1.40. The molecule has 1 atom stereocenters. The Morgan fingerprint density at radius 3 is 2.70 bits per heavy atom. The largest absolute Gasteiger partial charge is 0.469 e. The summed E-state index contributed by atoms with van der Waals surface area (Å²) >= 11 is 0. The van der Waals surface area contributed by atoms with E-state index >= 15 is 0 Å². The first-order valence-corrected chi connectivity index (χ1v) is 8.10. The number of carbonyl (C=O) groups is 1. The third kappa shape index (κ3) is 3.37. The van der Waals surface area contributed by atoms with Gasteiger partial charge in [0, 0.05) is 19.5 Å². The number of methoxy groups -OCH3 is 1. The molecule has 1 aliphatic heterocycles. The van der Waals surface area contributed by atoms with Gasteiger partial charge in [0.15, 0.2) is 0 Å². The van der Waals surface area contributed by atoms with Crippen molar-refractivity contribution in [3.63, 3.8) is 0 Å². The van der Waals surface area contributed by atoms with Gasteiger partial charge in [-0.15, -0.1) is 0 Å². The molecule has 0 amide bonds. The number of carbonyl (C=O) groups excluding carboxylic acids is 1. The molecule has 1 aromatic rings. The van der Waals surface area contributed by atoms with Crippen LogP contribution in [-0.4, -0.2) is 38.9 Å². The van der Waals surface area contributed by atoms with E-state index in [0.717, 1.165) is 12.8 Å². The van der Waals surface area contributed by atoms with Gasteiger partial charge >= 0.3 is 5.97 Å². The molecule has 1 unspecified atom stereocenters. The second-order valence-electron chi connectivity index (χ2n) is 4.96. The van der Waals surface area contributed by atoms with E-state index in [2.05, 4.69) is 4.74 Å². The summed E-state index contributed by atoms with van der Waals surface area (Å²) in [5, 5.41) is 0. The summed E-state index contributed by atoms with van der Waals surface area (Å²) in [6.07, 6.45) is 1.90. The quantitative estimate of drug-likeness (QED) is 0.793. The van der Waals surface area contributed by atoms with Crippen LogP contribution >= 0.6 is 0 Å². The van der Waals surface area contributed by atoms with Gasteiger partial charge in [0.2, 0.25) is 10.0 Å². The third-order valence-corrected chi connectivity index (χ3v) is 5.43. The predicted octanol–water partition coefficient (Wildman–Crippen LogP) is 1.65. The monoisotopic (exact) mass is 297 g/mol. The Labute approximate surface area is 119 Å². The van der Waals surface area contributed by atoms with Crippen LogP contribution in [-0.2, 0) is 19.6 Å². The number of esters is 1. The summed E-state index contributed by atoms with van der Waals surface area (Å²) in [5.41, 5.74) is 0. The fraction of sp³-hybridized carbons (Fsp3) is 0.500. The topological polar surface area (TPSA) is 63.7 Å². The highest BCUT2D eigenvalue weighted by molar-refractivity contribution is 7.89. The van der Waals surface area contributed by atoms with Crippen molar-refractivity contribution in [2.75, 3.05) is 20.2 Å². The normalized spacial score (nSPS) is 20.6. The lowest BCUT2D eigenvalue weighted by Gasteiger charge is -2.31. The Morgan fingerprint density at radius 2 is 2.05 bits per heavy atom. The molecule has 6 heteroatoms. The van der Waals surface area contributed by atoms with Crippen LogP contribution in [0.5, 0.6) is 0 Å². The maximum Gasteiger partial charge on any atom is 0.305 e. The highest BCUT2D eigenvalue weighted by Crippen LogP contribution is 2.25. The standard InChI is InChI=1S/C14H19NO4S/c1-19-14(16)10-12-6-5-9-15(11-12)20(17,18)13-7-3-2-4-8-13/h2-4,7-8,12H,5-6,9-11H2,1H3. The Kier molecular flexibility index (Phi) is 4.77. The number of benzene rings is 1. The van der Waals surface area contributed by atoms with E-state index in [9.17, 15) is 13.2 Å². The zero-order chi connectivity index (χ0) is 14.6. The van der Waals surface area contributed by atoms with Crippen LogP contribution in [0.3, 0.4) is 0 Å². The summed E-state index contributed by atoms with van der Waals surface area (Å²) in [6, 6.07) is 8.40. The lowest BCUT2D eigenvalue weighted by Crippen LogP contribution is -2.40. The van der Waals surface area contributed by atoms with E-state index in [0.29, 0.717) is 18.0 Å². The molecule has 1 saturated heterocycles. The number of hydrogen-bond donors (Lipinski definition) is 0. The van der Waals surface area contributed by atoms with Gasteiger partial charge in [0.05, 0.1) is 12.0 Å². The summed E-state index contributed by atoms with van der Waals surface area (Å²) in [7, 11) is -2.11. The number of rotatable bonds is 4. The smallest absolute Gasteiger partial charge is 0.305 e. The summed E-state index contributed by atoms with van der Waals surface area (Å²) in [4.78, 5) is 11.6. The third-order valence-electron chi connectivity index (χ3n) is 3.55. The van der Waals surface area contributed by atoms with Crippen LogP contribution in [0.4, 0.5) is 0 Å². The molecule has 0 aliphatic carbocycles. The molecule has 1 heterocycles. The lowest BCUT2D eigenvalue weighted by molar-refractivity contribution is -0.142. The van der Waals surface area contributed by atoms with Gasteiger partial charge in [0.25, 0.3) is 0 Å². The Balaban J connectivity index is 2.11. The zero-order valence-corrected chi connectivity index (χ0v) is 12.3. The molecule has 1 aromatic carbocycles. The molecule has 0 aromatic heterocycles. The van der Waals surface area contributed by atoms with Gasteiger partial charge in [-0.3, -0.25) is 4.79 Å². The minimum atomic E-state index is -3.46. The molecule has 0 radical (unpaired) electrons. The minimum Gasteiger partial charge on any atom is -0.469 e. The van der Waals surface area contributed by atoms with E-state index in [1.807, 2.05) is 0 Å². The number of ether oxygens (including phenoxy) is 1. The first-order valence-electron chi connectivity index (χ1n) is 6.66. The second kappa shape index (κ2) is 6.37. The average molecular weight is 297 g/mol. The number of sulfonamides is 1. The molecule has 5 nitrogen and oxygen atoms in total. The first kappa shape index (κ1) is 15.0.